The van der Waals surface area contributed by atoms with E-state index in [0.717, 1.165) is 17.1 Å². The van der Waals surface area contributed by atoms with E-state index < -0.39 is 0 Å². The van der Waals surface area contributed by atoms with E-state index in [2.05, 4.69) is 37.2 Å². The Balaban J connectivity index is 1.48. The second-order valence-electron chi connectivity index (χ2n) is 5.10. The van der Waals surface area contributed by atoms with E-state index in [4.69, 9.17) is 0 Å². The number of pyridine rings is 1. The Hall–Kier alpha value is -0.450. The van der Waals surface area contributed by atoms with Gasteiger partial charge in [0.05, 0.1) is 0 Å². The van der Waals surface area contributed by atoms with Crippen molar-refractivity contribution in [3.8, 4) is 0 Å². The van der Waals surface area contributed by atoms with Gasteiger partial charge in [0.2, 0.25) is 0 Å². The van der Waals surface area contributed by atoms with Gasteiger partial charge in [0, 0.05) is 48.6 Å². The van der Waals surface area contributed by atoms with Gasteiger partial charge in [-0.05, 0) is 46.8 Å². The van der Waals surface area contributed by atoms with E-state index >= 15 is 0 Å². The molecule has 4 heteroatoms. The molecule has 1 aliphatic carbocycles. The minimum absolute atomic E-state index is 0.662. The molecule has 1 aromatic heterocycles. The van der Waals surface area contributed by atoms with Crippen LogP contribution < -0.4 is 5.32 Å². The summed E-state index contributed by atoms with van der Waals surface area (Å²) in [7, 11) is 0. The van der Waals surface area contributed by atoms with Crippen molar-refractivity contribution in [3.05, 3.63) is 28.5 Å². The standard InChI is InChI=1S/C13H18BrN3/c14-11-5-10(6-15-8-11)7-16-12-3-4-17(9-12)13-1-2-13/h5-6,8,12-13,16H,1-4,7,9H2. The van der Waals surface area contributed by atoms with Gasteiger partial charge in [0.25, 0.3) is 0 Å². The molecule has 0 bridgehead atoms. The second-order valence-corrected chi connectivity index (χ2v) is 6.02. The summed E-state index contributed by atoms with van der Waals surface area (Å²) < 4.78 is 1.06. The van der Waals surface area contributed by atoms with Gasteiger partial charge >= 0.3 is 0 Å². The molecule has 1 atom stereocenters. The predicted molar refractivity (Wildman–Crippen MR) is 71.8 cm³/mol. The highest BCUT2D eigenvalue weighted by Crippen LogP contribution is 2.29. The molecule has 1 saturated heterocycles. The van der Waals surface area contributed by atoms with Crippen LogP contribution in [0.3, 0.4) is 0 Å². The highest BCUT2D eigenvalue weighted by Gasteiger charge is 2.33. The summed E-state index contributed by atoms with van der Waals surface area (Å²) in [6.07, 6.45) is 7.89. The molecule has 0 amide bonds. The largest absolute Gasteiger partial charge is 0.309 e. The van der Waals surface area contributed by atoms with E-state index in [-0.39, 0.29) is 0 Å². The van der Waals surface area contributed by atoms with Crippen molar-refractivity contribution in [2.45, 2.75) is 37.9 Å². The number of hydrogen-bond donors (Lipinski definition) is 1. The molecule has 0 radical (unpaired) electrons. The van der Waals surface area contributed by atoms with Crippen LogP contribution in [0, 0.1) is 0 Å². The van der Waals surface area contributed by atoms with Gasteiger partial charge in [-0.1, -0.05) is 0 Å². The molecule has 2 heterocycles. The third kappa shape index (κ3) is 3.06. The van der Waals surface area contributed by atoms with Gasteiger partial charge in [0.15, 0.2) is 0 Å². The van der Waals surface area contributed by atoms with Gasteiger partial charge < -0.3 is 5.32 Å². The summed E-state index contributed by atoms with van der Waals surface area (Å²) in [6.45, 7) is 3.43. The zero-order chi connectivity index (χ0) is 11.7. The Labute approximate surface area is 111 Å². The van der Waals surface area contributed by atoms with Crippen molar-refractivity contribution in [3.63, 3.8) is 0 Å². The van der Waals surface area contributed by atoms with Crippen LogP contribution >= 0.6 is 15.9 Å². The number of likely N-dealkylation sites (tertiary alicyclic amines) is 1. The third-order valence-electron chi connectivity index (χ3n) is 3.64. The summed E-state index contributed by atoms with van der Waals surface area (Å²) in [5.41, 5.74) is 1.25. The normalized spacial score (nSPS) is 25.4. The fourth-order valence-electron chi connectivity index (χ4n) is 2.54. The number of hydrogen-bond acceptors (Lipinski definition) is 3. The Morgan fingerprint density at radius 2 is 2.24 bits per heavy atom. The molecule has 2 aliphatic rings. The first-order valence-electron chi connectivity index (χ1n) is 6.38. The molecule has 3 rings (SSSR count). The van der Waals surface area contributed by atoms with Crippen LogP contribution in [0.25, 0.3) is 0 Å². The fourth-order valence-corrected chi connectivity index (χ4v) is 2.95. The first-order valence-corrected chi connectivity index (χ1v) is 7.17. The van der Waals surface area contributed by atoms with E-state index in [1.165, 1.54) is 37.9 Å². The average Bonchev–Trinajstić information content (AvgIpc) is 3.07. The van der Waals surface area contributed by atoms with Crippen LogP contribution in [0.2, 0.25) is 0 Å². The number of halogens is 1. The molecule has 1 aromatic rings. The SMILES string of the molecule is Brc1cncc(CNC2CCN(C3CC3)C2)c1. The summed E-state index contributed by atoms with van der Waals surface area (Å²) in [5.74, 6) is 0. The lowest BCUT2D eigenvalue weighted by Gasteiger charge is -2.15. The fraction of sp³-hybridized carbons (Fsp3) is 0.615. The van der Waals surface area contributed by atoms with Crippen molar-refractivity contribution in [1.82, 2.24) is 15.2 Å². The highest BCUT2D eigenvalue weighted by atomic mass is 79.9. The van der Waals surface area contributed by atoms with Crippen molar-refractivity contribution in [2.24, 2.45) is 0 Å². The molecule has 1 N–H and O–H groups in total. The monoisotopic (exact) mass is 295 g/mol. The van der Waals surface area contributed by atoms with Crippen LogP contribution in [0.5, 0.6) is 0 Å². The topological polar surface area (TPSA) is 28.2 Å². The van der Waals surface area contributed by atoms with Crippen LogP contribution in [-0.2, 0) is 6.54 Å². The van der Waals surface area contributed by atoms with E-state index in [1.54, 1.807) is 0 Å². The lowest BCUT2D eigenvalue weighted by Crippen LogP contribution is -2.32. The van der Waals surface area contributed by atoms with Gasteiger partial charge in [-0.25, -0.2) is 0 Å². The molecule has 92 valence electrons. The highest BCUT2D eigenvalue weighted by molar-refractivity contribution is 9.10. The predicted octanol–water partition coefficient (Wildman–Crippen LogP) is 2.17. The number of nitrogens with one attached hydrogen (secondary N) is 1. The number of rotatable bonds is 4. The van der Waals surface area contributed by atoms with E-state index in [1.807, 2.05) is 12.4 Å². The van der Waals surface area contributed by atoms with Gasteiger partial charge in [-0.15, -0.1) is 0 Å². The Morgan fingerprint density at radius 3 is 3.00 bits per heavy atom. The average molecular weight is 296 g/mol. The molecule has 1 saturated carbocycles. The number of nitrogens with zero attached hydrogens (tertiary/aromatic N) is 2. The Morgan fingerprint density at radius 1 is 1.35 bits per heavy atom. The minimum Gasteiger partial charge on any atom is -0.309 e. The summed E-state index contributed by atoms with van der Waals surface area (Å²) in [5, 5.41) is 3.64. The van der Waals surface area contributed by atoms with Crippen LogP contribution in [0.4, 0.5) is 0 Å². The van der Waals surface area contributed by atoms with Gasteiger partial charge in [-0.2, -0.15) is 0 Å². The first kappa shape index (κ1) is 11.6. The molecule has 0 spiro atoms. The minimum atomic E-state index is 0.662. The summed E-state index contributed by atoms with van der Waals surface area (Å²) >= 11 is 3.45. The summed E-state index contributed by atoms with van der Waals surface area (Å²) in [4.78, 5) is 6.82. The van der Waals surface area contributed by atoms with E-state index in [0.29, 0.717) is 6.04 Å². The zero-order valence-electron chi connectivity index (χ0n) is 9.90. The maximum Gasteiger partial charge on any atom is 0.0410 e. The summed E-state index contributed by atoms with van der Waals surface area (Å²) in [6, 6.07) is 3.71. The van der Waals surface area contributed by atoms with Crippen LogP contribution in [0.15, 0.2) is 22.9 Å². The van der Waals surface area contributed by atoms with Crippen LogP contribution in [0.1, 0.15) is 24.8 Å². The number of aromatic nitrogens is 1. The van der Waals surface area contributed by atoms with Crippen molar-refractivity contribution >= 4 is 15.9 Å². The lowest BCUT2D eigenvalue weighted by molar-refractivity contribution is 0.317. The molecule has 3 nitrogen and oxygen atoms in total. The maximum atomic E-state index is 4.19. The smallest absolute Gasteiger partial charge is 0.0410 e. The molecular formula is C13H18BrN3. The Bertz CT molecular complexity index is 392. The zero-order valence-corrected chi connectivity index (χ0v) is 11.5. The van der Waals surface area contributed by atoms with Gasteiger partial charge in [-0.3, -0.25) is 9.88 Å². The van der Waals surface area contributed by atoms with Gasteiger partial charge in [0.1, 0.15) is 0 Å². The molecule has 1 aliphatic heterocycles. The maximum absolute atomic E-state index is 4.19. The van der Waals surface area contributed by atoms with Crippen molar-refractivity contribution < 1.29 is 0 Å². The quantitative estimate of drug-likeness (QED) is 0.923. The second kappa shape index (κ2) is 5.04. The molecule has 0 aromatic carbocycles. The molecular weight excluding hydrogens is 278 g/mol. The van der Waals surface area contributed by atoms with Crippen LogP contribution in [-0.4, -0.2) is 35.1 Å². The Kier molecular flexibility index (Phi) is 3.45. The van der Waals surface area contributed by atoms with Crippen molar-refractivity contribution in [1.29, 1.82) is 0 Å². The van der Waals surface area contributed by atoms with E-state index in [9.17, 15) is 0 Å². The van der Waals surface area contributed by atoms with Crippen molar-refractivity contribution in [2.75, 3.05) is 13.1 Å². The lowest BCUT2D eigenvalue weighted by atomic mass is 10.2. The first-order chi connectivity index (χ1) is 8.31. The molecule has 17 heavy (non-hydrogen) atoms. The third-order valence-corrected chi connectivity index (χ3v) is 4.07. The molecule has 1 unspecified atom stereocenters. The molecule has 2 fully saturated rings.